The van der Waals surface area contributed by atoms with Crippen molar-refractivity contribution in [3.05, 3.63) is 52.6 Å². The monoisotopic (exact) mass is 471 g/mol. The van der Waals surface area contributed by atoms with Gasteiger partial charge >= 0.3 is 6.03 Å². The highest BCUT2D eigenvalue weighted by Crippen LogP contribution is 2.23. The van der Waals surface area contributed by atoms with Crippen LogP contribution in [0.3, 0.4) is 0 Å². The van der Waals surface area contributed by atoms with Crippen LogP contribution in [0.5, 0.6) is 0 Å². The van der Waals surface area contributed by atoms with Crippen LogP contribution < -0.4 is 15.5 Å². The van der Waals surface area contributed by atoms with Crippen molar-refractivity contribution in [1.29, 1.82) is 0 Å². The molecule has 0 radical (unpaired) electrons. The van der Waals surface area contributed by atoms with E-state index in [-0.39, 0.29) is 23.8 Å². The molecule has 8 nitrogen and oxygen atoms in total. The number of urea groups is 1. The zero-order valence-corrected chi connectivity index (χ0v) is 17.9. The second kappa shape index (κ2) is 8.83. The van der Waals surface area contributed by atoms with Gasteiger partial charge in [0, 0.05) is 48.1 Å². The fourth-order valence-corrected chi connectivity index (χ4v) is 4.00. The lowest BCUT2D eigenvalue weighted by molar-refractivity contribution is -0.121. The maximum absolute atomic E-state index is 13.1. The standard InChI is InChI=1S/C21H22BrN5O3/c22-16-6-7-18(24-12-16)25-19(28)15-4-2-9-26(13-15)20(29)14-3-1-5-17(11-14)27-10-8-23-21(27)30/h1,3,5-7,11-12,15H,2,4,8-10,13H2,(H,23,30)(H,24,25,28)/t15-/m0/s1. The number of hydrogen-bond donors (Lipinski definition) is 2. The highest BCUT2D eigenvalue weighted by Gasteiger charge is 2.30. The summed E-state index contributed by atoms with van der Waals surface area (Å²) in [4.78, 5) is 45.2. The minimum atomic E-state index is -0.291. The van der Waals surface area contributed by atoms with Crippen molar-refractivity contribution >= 4 is 45.3 Å². The molecule has 30 heavy (non-hydrogen) atoms. The van der Waals surface area contributed by atoms with E-state index in [1.165, 1.54) is 0 Å². The van der Waals surface area contributed by atoms with Crippen molar-refractivity contribution in [2.45, 2.75) is 12.8 Å². The largest absolute Gasteiger partial charge is 0.338 e. The molecule has 1 aromatic carbocycles. The van der Waals surface area contributed by atoms with Gasteiger partial charge in [0.05, 0.1) is 5.92 Å². The van der Waals surface area contributed by atoms with Crippen LogP contribution in [0, 0.1) is 5.92 Å². The number of rotatable bonds is 4. The molecule has 4 amide bonds. The van der Waals surface area contributed by atoms with Gasteiger partial charge in [-0.2, -0.15) is 0 Å². The zero-order valence-electron chi connectivity index (χ0n) is 16.3. The fraction of sp³-hybridized carbons (Fsp3) is 0.333. The first-order chi connectivity index (χ1) is 14.5. The van der Waals surface area contributed by atoms with E-state index < -0.39 is 0 Å². The van der Waals surface area contributed by atoms with E-state index >= 15 is 0 Å². The summed E-state index contributed by atoms with van der Waals surface area (Å²) in [6.07, 6.45) is 3.10. The van der Waals surface area contributed by atoms with E-state index in [2.05, 4.69) is 31.5 Å². The van der Waals surface area contributed by atoms with E-state index in [0.29, 0.717) is 43.2 Å². The molecule has 156 valence electrons. The molecule has 0 unspecified atom stereocenters. The molecule has 2 N–H and O–H groups in total. The summed E-state index contributed by atoms with van der Waals surface area (Å²) < 4.78 is 0.837. The van der Waals surface area contributed by atoms with E-state index in [9.17, 15) is 14.4 Å². The van der Waals surface area contributed by atoms with Gasteiger partial charge in [0.15, 0.2) is 0 Å². The summed E-state index contributed by atoms with van der Waals surface area (Å²) in [5.41, 5.74) is 1.21. The van der Waals surface area contributed by atoms with Gasteiger partial charge in [-0.15, -0.1) is 0 Å². The molecule has 3 heterocycles. The lowest BCUT2D eigenvalue weighted by atomic mass is 9.96. The average molecular weight is 472 g/mol. The molecule has 2 saturated heterocycles. The molecule has 1 aromatic heterocycles. The first-order valence-corrected chi connectivity index (χ1v) is 10.7. The fourth-order valence-electron chi connectivity index (χ4n) is 3.76. The van der Waals surface area contributed by atoms with Crippen LogP contribution in [0.1, 0.15) is 23.2 Å². The van der Waals surface area contributed by atoms with Gasteiger partial charge in [-0.05, 0) is 59.1 Å². The number of hydrogen-bond acceptors (Lipinski definition) is 4. The van der Waals surface area contributed by atoms with Crippen molar-refractivity contribution in [2.24, 2.45) is 5.92 Å². The second-order valence-electron chi connectivity index (χ2n) is 7.38. The van der Waals surface area contributed by atoms with Crippen LogP contribution in [0.2, 0.25) is 0 Å². The number of amides is 4. The first-order valence-electron chi connectivity index (χ1n) is 9.88. The van der Waals surface area contributed by atoms with Crippen LogP contribution >= 0.6 is 15.9 Å². The van der Waals surface area contributed by atoms with Gasteiger partial charge in [-0.3, -0.25) is 14.5 Å². The normalized spacial score (nSPS) is 18.8. The number of piperidine rings is 1. The molecular weight excluding hydrogens is 450 g/mol. The third-order valence-corrected chi connectivity index (χ3v) is 5.79. The summed E-state index contributed by atoms with van der Waals surface area (Å²) in [7, 11) is 0. The average Bonchev–Trinajstić information content (AvgIpc) is 3.21. The number of likely N-dealkylation sites (tertiary alicyclic amines) is 1. The van der Waals surface area contributed by atoms with Crippen LogP contribution in [-0.2, 0) is 4.79 Å². The molecule has 4 rings (SSSR count). The van der Waals surface area contributed by atoms with Crippen molar-refractivity contribution in [3.8, 4) is 0 Å². The summed E-state index contributed by atoms with van der Waals surface area (Å²) in [6, 6.07) is 10.5. The van der Waals surface area contributed by atoms with Gasteiger partial charge < -0.3 is 15.5 Å². The van der Waals surface area contributed by atoms with Crippen LogP contribution in [-0.4, -0.2) is 53.9 Å². The molecule has 2 aromatic rings. The lowest BCUT2D eigenvalue weighted by Crippen LogP contribution is -2.43. The summed E-state index contributed by atoms with van der Waals surface area (Å²) >= 11 is 3.32. The summed E-state index contributed by atoms with van der Waals surface area (Å²) in [6.45, 7) is 2.13. The highest BCUT2D eigenvalue weighted by atomic mass is 79.9. The van der Waals surface area contributed by atoms with Crippen LogP contribution in [0.25, 0.3) is 0 Å². The zero-order chi connectivity index (χ0) is 21.1. The molecular formula is C21H22BrN5O3. The Bertz CT molecular complexity index is 965. The molecule has 0 bridgehead atoms. The van der Waals surface area contributed by atoms with Crippen molar-refractivity contribution < 1.29 is 14.4 Å². The molecule has 0 aliphatic carbocycles. The Labute approximate surface area is 182 Å². The van der Waals surface area contributed by atoms with Gasteiger partial charge in [0.1, 0.15) is 5.82 Å². The number of nitrogens with one attached hydrogen (secondary N) is 2. The molecule has 2 aliphatic heterocycles. The second-order valence-corrected chi connectivity index (χ2v) is 8.29. The van der Waals surface area contributed by atoms with Crippen molar-refractivity contribution in [3.63, 3.8) is 0 Å². The number of carbonyl (C=O) groups excluding carboxylic acids is 3. The maximum atomic E-state index is 13.1. The van der Waals surface area contributed by atoms with Gasteiger partial charge in [0.2, 0.25) is 5.91 Å². The maximum Gasteiger partial charge on any atom is 0.321 e. The highest BCUT2D eigenvalue weighted by molar-refractivity contribution is 9.10. The Morgan fingerprint density at radius 1 is 1.20 bits per heavy atom. The first kappa shape index (κ1) is 20.3. The van der Waals surface area contributed by atoms with E-state index in [4.69, 9.17) is 0 Å². The van der Waals surface area contributed by atoms with Crippen molar-refractivity contribution in [2.75, 3.05) is 36.4 Å². The molecule has 0 saturated carbocycles. The third-order valence-electron chi connectivity index (χ3n) is 5.32. The summed E-state index contributed by atoms with van der Waals surface area (Å²) in [5, 5.41) is 5.59. The molecule has 9 heteroatoms. The predicted molar refractivity (Wildman–Crippen MR) is 116 cm³/mol. The molecule has 0 spiro atoms. The quantitative estimate of drug-likeness (QED) is 0.716. The smallest absolute Gasteiger partial charge is 0.321 e. The number of pyridine rings is 1. The number of anilines is 2. The van der Waals surface area contributed by atoms with Crippen LogP contribution in [0.15, 0.2) is 47.1 Å². The minimum Gasteiger partial charge on any atom is -0.338 e. The SMILES string of the molecule is O=C(Nc1ccc(Br)cn1)[C@H]1CCCN(C(=O)c2cccc(N3CCNC3=O)c2)C1. The topological polar surface area (TPSA) is 94.6 Å². The van der Waals surface area contributed by atoms with E-state index in [1.807, 2.05) is 12.1 Å². The predicted octanol–water partition coefficient (Wildman–Crippen LogP) is 2.86. The Hall–Kier alpha value is -2.94. The Kier molecular flexibility index (Phi) is 5.98. The van der Waals surface area contributed by atoms with E-state index in [0.717, 1.165) is 17.3 Å². The van der Waals surface area contributed by atoms with Gasteiger partial charge in [-0.1, -0.05) is 6.07 Å². The van der Waals surface area contributed by atoms with Crippen molar-refractivity contribution in [1.82, 2.24) is 15.2 Å². The Balaban J connectivity index is 1.42. The number of halogens is 1. The van der Waals surface area contributed by atoms with E-state index in [1.54, 1.807) is 40.3 Å². The molecule has 1 atom stereocenters. The molecule has 2 aliphatic rings. The third kappa shape index (κ3) is 4.46. The van der Waals surface area contributed by atoms with Gasteiger partial charge in [0.25, 0.3) is 5.91 Å². The number of nitrogens with zero attached hydrogens (tertiary/aromatic N) is 3. The van der Waals surface area contributed by atoms with Gasteiger partial charge in [-0.25, -0.2) is 9.78 Å². The summed E-state index contributed by atoms with van der Waals surface area (Å²) in [5.74, 6) is -0.0653. The van der Waals surface area contributed by atoms with Crippen LogP contribution in [0.4, 0.5) is 16.3 Å². The molecule has 2 fully saturated rings. The number of aromatic nitrogens is 1. The lowest BCUT2D eigenvalue weighted by Gasteiger charge is -2.32. The number of carbonyl (C=O) groups is 3. The Morgan fingerprint density at radius 3 is 2.80 bits per heavy atom. The number of benzene rings is 1. The Morgan fingerprint density at radius 2 is 2.07 bits per heavy atom. The minimum absolute atomic E-state index is 0.129.